The van der Waals surface area contributed by atoms with Gasteiger partial charge < -0.3 is 5.11 Å². The van der Waals surface area contributed by atoms with E-state index in [0.717, 1.165) is 22.9 Å². The Bertz CT molecular complexity index is 476. The second-order valence-electron chi connectivity index (χ2n) is 4.25. The van der Waals surface area contributed by atoms with Crippen LogP contribution in [0.3, 0.4) is 0 Å². The molecule has 0 fully saturated rings. The van der Waals surface area contributed by atoms with Crippen LogP contribution in [0.25, 0.3) is 10.9 Å². The van der Waals surface area contributed by atoms with Crippen molar-refractivity contribution in [3.05, 3.63) is 42.1 Å². The molecule has 2 nitrogen and oxygen atoms in total. The minimum Gasteiger partial charge on any atom is -0.388 e. The van der Waals surface area contributed by atoms with Gasteiger partial charge in [-0.05, 0) is 12.0 Å². The molecular weight excluding hydrogens is 198 g/mol. The average molecular weight is 215 g/mol. The minimum absolute atomic E-state index is 0.257. The van der Waals surface area contributed by atoms with Crippen molar-refractivity contribution >= 4 is 10.9 Å². The Morgan fingerprint density at radius 1 is 1.25 bits per heavy atom. The summed E-state index contributed by atoms with van der Waals surface area (Å²) in [5.41, 5.74) is 1.85. The molecule has 2 rings (SSSR count). The van der Waals surface area contributed by atoms with Crippen molar-refractivity contribution < 1.29 is 5.11 Å². The van der Waals surface area contributed by atoms with Gasteiger partial charge in [-0.2, -0.15) is 0 Å². The Labute approximate surface area is 96.0 Å². The molecule has 2 aromatic rings. The lowest BCUT2D eigenvalue weighted by Crippen LogP contribution is -2.08. The van der Waals surface area contributed by atoms with E-state index in [4.69, 9.17) is 0 Å². The maximum Gasteiger partial charge on any atom is 0.0836 e. The van der Waals surface area contributed by atoms with E-state index < -0.39 is 6.10 Å². The van der Waals surface area contributed by atoms with Crippen LogP contribution in [0.1, 0.15) is 31.9 Å². The van der Waals surface area contributed by atoms with E-state index in [-0.39, 0.29) is 5.92 Å². The van der Waals surface area contributed by atoms with Gasteiger partial charge in [0.05, 0.1) is 11.6 Å². The molecule has 1 aromatic heterocycles. The largest absolute Gasteiger partial charge is 0.388 e. The first-order valence-corrected chi connectivity index (χ1v) is 5.75. The van der Waals surface area contributed by atoms with Gasteiger partial charge in [-0.25, -0.2) is 0 Å². The van der Waals surface area contributed by atoms with Crippen molar-refractivity contribution in [2.24, 2.45) is 5.92 Å². The Hall–Kier alpha value is -1.41. The van der Waals surface area contributed by atoms with Crippen LogP contribution < -0.4 is 0 Å². The van der Waals surface area contributed by atoms with Gasteiger partial charge in [-0.15, -0.1) is 0 Å². The van der Waals surface area contributed by atoms with Crippen LogP contribution in [0, 0.1) is 5.92 Å². The molecule has 0 bridgehead atoms. The first kappa shape index (κ1) is 11.1. The zero-order chi connectivity index (χ0) is 11.5. The fourth-order valence-corrected chi connectivity index (χ4v) is 1.90. The number of para-hydroxylation sites is 1. The summed E-state index contributed by atoms with van der Waals surface area (Å²) in [6, 6.07) is 9.91. The topological polar surface area (TPSA) is 33.1 Å². The molecule has 0 amide bonds. The van der Waals surface area contributed by atoms with E-state index in [9.17, 15) is 5.11 Å². The highest BCUT2D eigenvalue weighted by Gasteiger charge is 2.17. The molecule has 1 heterocycles. The van der Waals surface area contributed by atoms with Gasteiger partial charge in [0.15, 0.2) is 0 Å². The van der Waals surface area contributed by atoms with Gasteiger partial charge in [-0.1, -0.05) is 44.5 Å². The first-order valence-electron chi connectivity index (χ1n) is 5.75. The molecule has 2 heteroatoms. The maximum absolute atomic E-state index is 10.2. The van der Waals surface area contributed by atoms with Crippen LogP contribution in [0.4, 0.5) is 0 Å². The van der Waals surface area contributed by atoms with Crippen molar-refractivity contribution in [2.45, 2.75) is 26.4 Å². The van der Waals surface area contributed by atoms with E-state index in [1.807, 2.05) is 30.3 Å². The quantitative estimate of drug-likeness (QED) is 0.852. The summed E-state index contributed by atoms with van der Waals surface area (Å²) in [6.07, 6.45) is 2.31. The van der Waals surface area contributed by atoms with E-state index in [2.05, 4.69) is 18.8 Å². The van der Waals surface area contributed by atoms with Crippen molar-refractivity contribution in [3.63, 3.8) is 0 Å². The van der Waals surface area contributed by atoms with E-state index >= 15 is 0 Å². The van der Waals surface area contributed by atoms with Gasteiger partial charge in [0.1, 0.15) is 0 Å². The highest BCUT2D eigenvalue weighted by Crippen LogP contribution is 2.28. The van der Waals surface area contributed by atoms with Gasteiger partial charge in [-0.3, -0.25) is 4.98 Å². The standard InChI is InChI=1S/C14H17NO/c1-3-10(2)14(16)12-8-4-6-11-7-5-9-15-13(11)12/h4-10,14,16H,3H2,1-2H3. The molecule has 0 aliphatic carbocycles. The predicted octanol–water partition coefficient (Wildman–Crippen LogP) is 3.31. The smallest absolute Gasteiger partial charge is 0.0836 e. The predicted molar refractivity (Wildman–Crippen MR) is 66.2 cm³/mol. The SMILES string of the molecule is CCC(C)C(O)c1cccc2cccnc12. The van der Waals surface area contributed by atoms with Crippen molar-refractivity contribution in [2.75, 3.05) is 0 Å². The normalized spacial score (nSPS) is 14.9. The number of fused-ring (bicyclic) bond motifs is 1. The van der Waals surface area contributed by atoms with E-state index in [0.29, 0.717) is 0 Å². The zero-order valence-corrected chi connectivity index (χ0v) is 9.72. The van der Waals surface area contributed by atoms with Gasteiger partial charge >= 0.3 is 0 Å². The summed E-state index contributed by atoms with van der Waals surface area (Å²) in [5.74, 6) is 0.257. The molecule has 2 atom stereocenters. The number of aliphatic hydroxyl groups excluding tert-OH is 1. The molecule has 0 spiro atoms. The number of rotatable bonds is 3. The molecular formula is C14H17NO. The minimum atomic E-state index is -0.427. The Morgan fingerprint density at radius 2 is 2.00 bits per heavy atom. The Balaban J connectivity index is 2.52. The summed E-state index contributed by atoms with van der Waals surface area (Å²) >= 11 is 0. The number of aromatic nitrogens is 1. The van der Waals surface area contributed by atoms with Crippen LogP contribution in [0.5, 0.6) is 0 Å². The summed E-state index contributed by atoms with van der Waals surface area (Å²) in [6.45, 7) is 4.15. The highest BCUT2D eigenvalue weighted by molar-refractivity contribution is 5.81. The number of nitrogens with zero attached hydrogens (tertiary/aromatic N) is 1. The third-order valence-electron chi connectivity index (χ3n) is 3.17. The first-order chi connectivity index (χ1) is 7.74. The summed E-state index contributed by atoms with van der Waals surface area (Å²) in [7, 11) is 0. The van der Waals surface area contributed by atoms with Crippen molar-refractivity contribution in [1.29, 1.82) is 0 Å². The average Bonchev–Trinajstić information content (AvgIpc) is 2.36. The second kappa shape index (κ2) is 4.62. The van der Waals surface area contributed by atoms with Crippen LogP contribution in [0.15, 0.2) is 36.5 Å². The molecule has 0 saturated heterocycles. The van der Waals surface area contributed by atoms with E-state index in [1.165, 1.54) is 0 Å². The van der Waals surface area contributed by atoms with Gasteiger partial charge in [0, 0.05) is 17.1 Å². The number of hydrogen-bond acceptors (Lipinski definition) is 2. The van der Waals surface area contributed by atoms with Crippen molar-refractivity contribution in [1.82, 2.24) is 4.98 Å². The molecule has 0 saturated carbocycles. The highest BCUT2D eigenvalue weighted by atomic mass is 16.3. The molecule has 0 aliphatic rings. The van der Waals surface area contributed by atoms with Crippen LogP contribution in [0.2, 0.25) is 0 Å². The molecule has 0 radical (unpaired) electrons. The third kappa shape index (κ3) is 1.93. The summed E-state index contributed by atoms with van der Waals surface area (Å²) < 4.78 is 0. The van der Waals surface area contributed by atoms with Crippen LogP contribution in [-0.4, -0.2) is 10.1 Å². The third-order valence-corrected chi connectivity index (χ3v) is 3.17. The number of pyridine rings is 1. The second-order valence-corrected chi connectivity index (χ2v) is 4.25. The molecule has 16 heavy (non-hydrogen) atoms. The molecule has 0 aliphatic heterocycles. The molecule has 1 N–H and O–H groups in total. The maximum atomic E-state index is 10.2. The number of hydrogen-bond donors (Lipinski definition) is 1. The van der Waals surface area contributed by atoms with Crippen molar-refractivity contribution in [3.8, 4) is 0 Å². The lowest BCUT2D eigenvalue weighted by molar-refractivity contribution is 0.117. The van der Waals surface area contributed by atoms with Crippen LogP contribution in [-0.2, 0) is 0 Å². The molecule has 84 valence electrons. The van der Waals surface area contributed by atoms with Gasteiger partial charge in [0.25, 0.3) is 0 Å². The number of aliphatic hydroxyl groups is 1. The zero-order valence-electron chi connectivity index (χ0n) is 9.72. The number of benzene rings is 1. The molecule has 2 unspecified atom stereocenters. The van der Waals surface area contributed by atoms with E-state index in [1.54, 1.807) is 6.20 Å². The fourth-order valence-electron chi connectivity index (χ4n) is 1.90. The Morgan fingerprint density at radius 3 is 2.75 bits per heavy atom. The summed E-state index contributed by atoms with van der Waals surface area (Å²) in [5, 5.41) is 11.3. The summed E-state index contributed by atoms with van der Waals surface area (Å²) in [4.78, 5) is 4.36. The lowest BCUT2D eigenvalue weighted by Gasteiger charge is -2.18. The molecule has 1 aromatic carbocycles. The van der Waals surface area contributed by atoms with Crippen LogP contribution >= 0.6 is 0 Å². The fraction of sp³-hybridized carbons (Fsp3) is 0.357. The van der Waals surface area contributed by atoms with Gasteiger partial charge in [0.2, 0.25) is 0 Å². The monoisotopic (exact) mass is 215 g/mol. The lowest BCUT2D eigenvalue weighted by atomic mass is 9.93. The Kier molecular flexibility index (Phi) is 3.20.